The molecule has 0 unspecified atom stereocenters. The second-order valence-corrected chi connectivity index (χ2v) is 12.7. The van der Waals surface area contributed by atoms with Crippen molar-refractivity contribution in [3.8, 4) is 0 Å². The number of alkyl halides is 6. The van der Waals surface area contributed by atoms with Crippen LogP contribution in [0.3, 0.4) is 0 Å². The molecule has 50 heavy (non-hydrogen) atoms. The lowest BCUT2D eigenvalue weighted by Crippen LogP contribution is -2.56. The summed E-state index contributed by atoms with van der Waals surface area (Å²) in [5, 5.41) is 0. The number of nitrogens with zero attached hydrogens (tertiary/aromatic N) is 5. The molecule has 2 aliphatic rings. The molecule has 3 aromatic rings. The Bertz CT molecular complexity index is 1580. The van der Waals surface area contributed by atoms with Crippen LogP contribution in [0, 0.1) is 0 Å². The standard InChI is InChI=1S/C37H41F6N5O2/c1-45(19-16-27-24-30(36(38,39)40)26-31(25-27)37(41,42)43)34(50)32(28-12-6-4-7-13-28)46-20-22-48(23-21-46)35(47-17-10-2-3-11-18-47)44-33(49)29-14-8-5-9-15-29/h4-9,12-15,24-26,32H,2-3,10-11,16-23H2,1H3/t32-/m0/s1. The fourth-order valence-electron chi connectivity index (χ4n) is 6.45. The summed E-state index contributed by atoms with van der Waals surface area (Å²) in [7, 11) is 1.51. The van der Waals surface area contributed by atoms with Gasteiger partial charge in [-0.3, -0.25) is 14.5 Å². The molecule has 0 radical (unpaired) electrons. The monoisotopic (exact) mass is 701 g/mol. The largest absolute Gasteiger partial charge is 0.416 e. The minimum absolute atomic E-state index is 0.0892. The predicted molar refractivity (Wildman–Crippen MR) is 178 cm³/mol. The molecule has 3 aromatic carbocycles. The fraction of sp³-hybridized carbons (Fsp3) is 0.432. The third-order valence-electron chi connectivity index (χ3n) is 9.18. The molecule has 0 spiro atoms. The van der Waals surface area contributed by atoms with Gasteiger partial charge in [0, 0.05) is 58.4 Å². The van der Waals surface area contributed by atoms with Crippen molar-refractivity contribution in [2.75, 3.05) is 52.9 Å². The number of likely N-dealkylation sites (N-methyl/N-ethyl adjacent to an activating group) is 1. The third kappa shape index (κ3) is 9.43. The van der Waals surface area contributed by atoms with E-state index >= 15 is 0 Å². The second kappa shape index (κ2) is 16.1. The molecule has 0 saturated carbocycles. The van der Waals surface area contributed by atoms with Gasteiger partial charge >= 0.3 is 12.4 Å². The molecule has 268 valence electrons. The Hall–Kier alpha value is -4.39. The van der Waals surface area contributed by atoms with Gasteiger partial charge in [0.2, 0.25) is 11.9 Å². The Morgan fingerprint density at radius 3 is 1.78 bits per heavy atom. The summed E-state index contributed by atoms with van der Waals surface area (Å²) >= 11 is 0. The van der Waals surface area contributed by atoms with Crippen LogP contribution in [-0.2, 0) is 23.6 Å². The number of likely N-dealkylation sites (tertiary alicyclic amines) is 1. The number of hydrogen-bond donors (Lipinski definition) is 0. The van der Waals surface area contributed by atoms with Gasteiger partial charge < -0.3 is 14.7 Å². The molecule has 0 N–H and O–H groups in total. The molecule has 2 fully saturated rings. The topological polar surface area (TPSA) is 59.5 Å². The number of rotatable bonds is 7. The van der Waals surface area contributed by atoms with Gasteiger partial charge in [0.15, 0.2) is 0 Å². The fourth-order valence-corrected chi connectivity index (χ4v) is 6.45. The van der Waals surface area contributed by atoms with E-state index in [1.807, 2.05) is 41.3 Å². The molecule has 2 heterocycles. The lowest BCUT2D eigenvalue weighted by atomic mass is 10.0. The summed E-state index contributed by atoms with van der Waals surface area (Å²) in [6.45, 7) is 3.36. The van der Waals surface area contributed by atoms with E-state index in [9.17, 15) is 35.9 Å². The number of guanidine groups is 1. The highest BCUT2D eigenvalue weighted by molar-refractivity contribution is 6.02. The first-order valence-electron chi connectivity index (χ1n) is 16.8. The molecule has 0 aromatic heterocycles. The molecule has 13 heteroatoms. The van der Waals surface area contributed by atoms with Crippen LogP contribution in [0.2, 0.25) is 0 Å². The third-order valence-corrected chi connectivity index (χ3v) is 9.18. The Labute approximate surface area is 288 Å². The lowest BCUT2D eigenvalue weighted by Gasteiger charge is -2.42. The maximum atomic E-state index is 14.1. The van der Waals surface area contributed by atoms with E-state index in [0.29, 0.717) is 49.8 Å². The van der Waals surface area contributed by atoms with Crippen LogP contribution < -0.4 is 0 Å². The van der Waals surface area contributed by atoms with Crippen molar-refractivity contribution < 1.29 is 35.9 Å². The van der Waals surface area contributed by atoms with Crippen molar-refractivity contribution in [3.63, 3.8) is 0 Å². The van der Waals surface area contributed by atoms with Gasteiger partial charge in [-0.15, -0.1) is 0 Å². The summed E-state index contributed by atoms with van der Waals surface area (Å²) in [6.07, 6.45) is -5.90. The average molecular weight is 702 g/mol. The first kappa shape index (κ1) is 36.9. The average Bonchev–Trinajstić information content (AvgIpc) is 3.39. The second-order valence-electron chi connectivity index (χ2n) is 12.7. The van der Waals surface area contributed by atoms with Crippen molar-refractivity contribution >= 4 is 17.8 Å². The van der Waals surface area contributed by atoms with E-state index in [-0.39, 0.29) is 36.4 Å². The number of carbonyl (C=O) groups is 2. The van der Waals surface area contributed by atoms with Crippen LogP contribution >= 0.6 is 0 Å². The normalized spacial score (nSPS) is 17.3. The van der Waals surface area contributed by atoms with Crippen molar-refractivity contribution in [1.82, 2.24) is 19.6 Å². The zero-order chi connectivity index (χ0) is 35.9. The maximum Gasteiger partial charge on any atom is 0.416 e. The Morgan fingerprint density at radius 1 is 0.720 bits per heavy atom. The van der Waals surface area contributed by atoms with Crippen LogP contribution in [0.4, 0.5) is 26.3 Å². The number of benzene rings is 3. The molecular formula is C37H41F6N5O2. The van der Waals surface area contributed by atoms with Crippen LogP contribution in [0.15, 0.2) is 83.9 Å². The van der Waals surface area contributed by atoms with Gasteiger partial charge in [0.05, 0.1) is 11.1 Å². The van der Waals surface area contributed by atoms with Gasteiger partial charge in [-0.05, 0) is 60.7 Å². The van der Waals surface area contributed by atoms with Crippen molar-refractivity contribution in [2.24, 2.45) is 4.99 Å². The van der Waals surface area contributed by atoms with Crippen molar-refractivity contribution in [2.45, 2.75) is 50.5 Å². The van der Waals surface area contributed by atoms with Gasteiger partial charge in [0.25, 0.3) is 5.91 Å². The molecular weight excluding hydrogens is 660 g/mol. The predicted octanol–water partition coefficient (Wildman–Crippen LogP) is 7.16. The SMILES string of the molecule is CN(CCc1cc(C(F)(F)F)cc(C(F)(F)F)c1)C(=O)[C@H](c1ccccc1)N1CCN(C(=NC(=O)c2ccccc2)N2CCCCCC2)CC1. The minimum Gasteiger partial charge on any atom is -0.344 e. The van der Waals surface area contributed by atoms with E-state index in [0.717, 1.165) is 44.3 Å². The smallest absolute Gasteiger partial charge is 0.344 e. The van der Waals surface area contributed by atoms with Crippen LogP contribution in [0.1, 0.15) is 64.3 Å². The summed E-state index contributed by atoms with van der Waals surface area (Å²) in [5.74, 6) is -0.0258. The Balaban J connectivity index is 1.33. The summed E-state index contributed by atoms with van der Waals surface area (Å²) < 4.78 is 80.6. The zero-order valence-corrected chi connectivity index (χ0v) is 27.9. The van der Waals surface area contributed by atoms with E-state index in [4.69, 9.17) is 0 Å². The minimum atomic E-state index is -4.95. The van der Waals surface area contributed by atoms with Crippen LogP contribution in [0.25, 0.3) is 0 Å². The Kier molecular flexibility index (Phi) is 11.9. The van der Waals surface area contributed by atoms with E-state index < -0.39 is 29.5 Å². The highest BCUT2D eigenvalue weighted by Gasteiger charge is 2.38. The number of halogens is 6. The van der Waals surface area contributed by atoms with Crippen molar-refractivity contribution in [3.05, 3.63) is 107 Å². The summed E-state index contributed by atoms with van der Waals surface area (Å²) in [6, 6.07) is 18.8. The number of hydrogen-bond acceptors (Lipinski definition) is 3. The molecule has 0 aliphatic carbocycles. The number of carbonyl (C=O) groups excluding carboxylic acids is 2. The summed E-state index contributed by atoms with van der Waals surface area (Å²) in [4.78, 5) is 39.6. The van der Waals surface area contributed by atoms with E-state index in [2.05, 4.69) is 14.8 Å². The molecule has 2 saturated heterocycles. The molecule has 7 nitrogen and oxygen atoms in total. The van der Waals surface area contributed by atoms with E-state index in [1.165, 1.54) is 11.9 Å². The molecule has 2 amide bonds. The number of amides is 2. The van der Waals surface area contributed by atoms with Gasteiger partial charge in [-0.1, -0.05) is 61.4 Å². The van der Waals surface area contributed by atoms with Crippen LogP contribution in [-0.4, -0.2) is 90.2 Å². The van der Waals surface area contributed by atoms with E-state index in [1.54, 1.807) is 24.3 Å². The Morgan fingerprint density at radius 2 is 1.24 bits per heavy atom. The quantitative estimate of drug-likeness (QED) is 0.149. The maximum absolute atomic E-state index is 14.1. The summed E-state index contributed by atoms with van der Waals surface area (Å²) in [5.41, 5.74) is -1.72. The zero-order valence-electron chi connectivity index (χ0n) is 27.9. The molecule has 1 atom stereocenters. The van der Waals surface area contributed by atoms with Gasteiger partial charge in [-0.2, -0.15) is 31.3 Å². The number of aliphatic imine (C=N–C) groups is 1. The van der Waals surface area contributed by atoms with Gasteiger partial charge in [0.1, 0.15) is 6.04 Å². The van der Waals surface area contributed by atoms with Crippen LogP contribution in [0.5, 0.6) is 0 Å². The van der Waals surface area contributed by atoms with Crippen molar-refractivity contribution in [1.29, 1.82) is 0 Å². The first-order chi connectivity index (χ1) is 23.8. The molecule has 2 aliphatic heterocycles. The number of piperazine rings is 1. The highest BCUT2D eigenvalue weighted by atomic mass is 19.4. The molecule has 0 bridgehead atoms. The van der Waals surface area contributed by atoms with Gasteiger partial charge in [-0.25, -0.2) is 0 Å². The lowest BCUT2D eigenvalue weighted by molar-refractivity contribution is -0.143. The highest BCUT2D eigenvalue weighted by Crippen LogP contribution is 2.36. The first-order valence-corrected chi connectivity index (χ1v) is 16.8. The molecule has 5 rings (SSSR count).